The zero-order valence-electron chi connectivity index (χ0n) is 11.8. The van der Waals surface area contributed by atoms with Crippen LogP contribution in [0.3, 0.4) is 0 Å². The van der Waals surface area contributed by atoms with Crippen LogP contribution in [0.25, 0.3) is 0 Å². The first kappa shape index (κ1) is 18.6. The minimum Gasteiger partial charge on any atom is -0.340 e. The molecule has 0 fully saturated rings. The minimum atomic E-state index is -1.21. The standard InChI is InChI=1S/C14H15Cl4NO2/c1-4-14(3,11(20)12(17)18)19-13(21)8-5-9(15)7(2)10(16)6-8/h5-6,12H,4H2,1-3H3,(H,19,21)/t14-/m0/s1. The van der Waals surface area contributed by atoms with Gasteiger partial charge in [-0.1, -0.05) is 53.3 Å². The van der Waals surface area contributed by atoms with Crippen LogP contribution in [0.2, 0.25) is 10.0 Å². The van der Waals surface area contributed by atoms with E-state index in [1.165, 1.54) is 12.1 Å². The second kappa shape index (κ2) is 7.19. The number of nitrogens with one attached hydrogen (secondary N) is 1. The molecule has 116 valence electrons. The molecule has 1 atom stereocenters. The van der Waals surface area contributed by atoms with Gasteiger partial charge in [-0.25, -0.2) is 0 Å². The molecule has 3 nitrogen and oxygen atoms in total. The van der Waals surface area contributed by atoms with E-state index in [1.807, 2.05) is 0 Å². The van der Waals surface area contributed by atoms with Crippen LogP contribution in [-0.2, 0) is 4.79 Å². The molecule has 0 unspecified atom stereocenters. The SMILES string of the molecule is CC[C@](C)(NC(=O)c1cc(Cl)c(C)c(Cl)c1)C(=O)C(Cl)Cl. The van der Waals surface area contributed by atoms with E-state index in [9.17, 15) is 9.59 Å². The van der Waals surface area contributed by atoms with E-state index in [0.717, 1.165) is 0 Å². The molecular weight excluding hydrogens is 356 g/mol. The number of halogens is 4. The first-order valence-corrected chi connectivity index (χ1v) is 7.86. The number of hydrogen-bond donors (Lipinski definition) is 1. The Morgan fingerprint density at radius 2 is 1.71 bits per heavy atom. The molecule has 1 rings (SSSR count). The van der Waals surface area contributed by atoms with Crippen LogP contribution < -0.4 is 5.32 Å². The molecule has 0 spiro atoms. The zero-order valence-corrected chi connectivity index (χ0v) is 14.8. The summed E-state index contributed by atoms with van der Waals surface area (Å²) < 4.78 is 0. The van der Waals surface area contributed by atoms with Crippen molar-refractivity contribution in [2.75, 3.05) is 0 Å². The van der Waals surface area contributed by atoms with Crippen LogP contribution in [0.1, 0.15) is 36.2 Å². The van der Waals surface area contributed by atoms with Crippen LogP contribution in [0, 0.1) is 6.92 Å². The number of benzene rings is 1. The summed E-state index contributed by atoms with van der Waals surface area (Å²) in [4.78, 5) is 23.1. The molecule has 1 amide bonds. The quantitative estimate of drug-likeness (QED) is 0.771. The molecule has 0 saturated carbocycles. The zero-order chi connectivity index (χ0) is 16.4. The van der Waals surface area contributed by atoms with Crippen molar-refractivity contribution in [2.45, 2.75) is 37.6 Å². The predicted octanol–water partition coefficient (Wildman–Crippen LogP) is 4.57. The highest BCUT2D eigenvalue weighted by Gasteiger charge is 2.36. The minimum absolute atomic E-state index is 0.267. The molecular formula is C14H15Cl4NO2. The van der Waals surface area contributed by atoms with Gasteiger partial charge in [-0.05, 0) is 38.0 Å². The molecule has 0 heterocycles. The molecule has 0 aliphatic carbocycles. The predicted molar refractivity (Wildman–Crippen MR) is 87.9 cm³/mol. The average Bonchev–Trinajstić information content (AvgIpc) is 2.42. The van der Waals surface area contributed by atoms with Gasteiger partial charge in [0.25, 0.3) is 5.91 Å². The Labute approximate surface area is 143 Å². The van der Waals surface area contributed by atoms with E-state index >= 15 is 0 Å². The molecule has 21 heavy (non-hydrogen) atoms. The summed E-state index contributed by atoms with van der Waals surface area (Å²) in [5, 5.41) is 3.40. The van der Waals surface area contributed by atoms with Crippen LogP contribution >= 0.6 is 46.4 Å². The van der Waals surface area contributed by atoms with E-state index in [-0.39, 0.29) is 5.56 Å². The number of carbonyl (C=O) groups excluding carboxylic acids is 2. The van der Waals surface area contributed by atoms with Gasteiger partial charge >= 0.3 is 0 Å². The summed E-state index contributed by atoms with van der Waals surface area (Å²) in [6.07, 6.45) is 0.348. The van der Waals surface area contributed by atoms with Crippen molar-refractivity contribution >= 4 is 58.1 Å². The van der Waals surface area contributed by atoms with Crippen LogP contribution in [0.5, 0.6) is 0 Å². The molecule has 0 aromatic heterocycles. The van der Waals surface area contributed by atoms with Crippen LogP contribution in [-0.4, -0.2) is 22.1 Å². The molecule has 0 saturated heterocycles. The third-order valence-electron chi connectivity index (χ3n) is 3.38. The molecule has 1 aromatic rings. The molecule has 0 bridgehead atoms. The summed E-state index contributed by atoms with van der Waals surface area (Å²) in [6.45, 7) is 5.07. The highest BCUT2D eigenvalue weighted by atomic mass is 35.5. The van der Waals surface area contributed by atoms with Crippen molar-refractivity contribution < 1.29 is 9.59 Å². The van der Waals surface area contributed by atoms with Crippen LogP contribution in [0.15, 0.2) is 12.1 Å². The molecule has 1 N–H and O–H groups in total. The molecule has 7 heteroatoms. The van der Waals surface area contributed by atoms with Gasteiger partial charge in [0.1, 0.15) is 0 Å². The fourth-order valence-electron chi connectivity index (χ4n) is 1.66. The van der Waals surface area contributed by atoms with Gasteiger partial charge in [0.15, 0.2) is 10.6 Å². The largest absolute Gasteiger partial charge is 0.340 e. The molecule has 0 aliphatic heterocycles. The lowest BCUT2D eigenvalue weighted by molar-refractivity contribution is -0.123. The van der Waals surface area contributed by atoms with E-state index in [0.29, 0.717) is 22.0 Å². The Morgan fingerprint density at radius 3 is 2.10 bits per heavy atom. The Kier molecular flexibility index (Phi) is 6.36. The Bertz CT molecular complexity index is 551. The topological polar surface area (TPSA) is 46.2 Å². The van der Waals surface area contributed by atoms with E-state index in [1.54, 1.807) is 20.8 Å². The highest BCUT2D eigenvalue weighted by Crippen LogP contribution is 2.26. The van der Waals surface area contributed by atoms with Crippen molar-refractivity contribution in [1.29, 1.82) is 0 Å². The number of carbonyl (C=O) groups is 2. The number of hydrogen-bond acceptors (Lipinski definition) is 2. The van der Waals surface area contributed by atoms with Crippen molar-refractivity contribution in [1.82, 2.24) is 5.32 Å². The van der Waals surface area contributed by atoms with E-state index in [4.69, 9.17) is 46.4 Å². The Hall–Kier alpha value is -0.480. The summed E-state index contributed by atoms with van der Waals surface area (Å²) in [5.41, 5.74) is -0.204. The second-order valence-electron chi connectivity index (χ2n) is 4.87. The van der Waals surface area contributed by atoms with Gasteiger partial charge in [0, 0.05) is 15.6 Å². The van der Waals surface area contributed by atoms with Gasteiger partial charge in [0.2, 0.25) is 0 Å². The lowest BCUT2D eigenvalue weighted by atomic mass is 9.93. The van der Waals surface area contributed by atoms with Crippen molar-refractivity contribution in [2.24, 2.45) is 0 Å². The second-order valence-corrected chi connectivity index (χ2v) is 6.78. The number of alkyl halides is 2. The van der Waals surface area contributed by atoms with Gasteiger partial charge in [-0.3, -0.25) is 9.59 Å². The normalized spacial score (nSPS) is 13.9. The highest BCUT2D eigenvalue weighted by molar-refractivity contribution is 6.54. The van der Waals surface area contributed by atoms with Crippen molar-refractivity contribution in [3.05, 3.63) is 33.3 Å². The number of ketones is 1. The first-order valence-electron chi connectivity index (χ1n) is 6.23. The number of Topliss-reactive ketones (excluding diaryl/α,β-unsaturated/α-hetero) is 1. The molecule has 1 aromatic carbocycles. The lowest BCUT2D eigenvalue weighted by Crippen LogP contribution is -2.53. The van der Waals surface area contributed by atoms with Gasteiger partial charge in [-0.15, -0.1) is 0 Å². The third-order valence-corrected chi connectivity index (χ3v) is 4.56. The van der Waals surface area contributed by atoms with Crippen molar-refractivity contribution in [3.63, 3.8) is 0 Å². The lowest BCUT2D eigenvalue weighted by Gasteiger charge is -2.28. The van der Waals surface area contributed by atoms with E-state index < -0.39 is 22.1 Å². The van der Waals surface area contributed by atoms with Gasteiger partial charge in [0.05, 0.1) is 5.54 Å². The van der Waals surface area contributed by atoms with Gasteiger partial charge in [-0.2, -0.15) is 0 Å². The number of amides is 1. The molecule has 0 aliphatic rings. The summed E-state index contributed by atoms with van der Waals surface area (Å²) >= 11 is 23.2. The van der Waals surface area contributed by atoms with Gasteiger partial charge < -0.3 is 5.32 Å². The summed E-state index contributed by atoms with van der Waals surface area (Å²) in [7, 11) is 0. The maximum atomic E-state index is 12.3. The maximum Gasteiger partial charge on any atom is 0.252 e. The third kappa shape index (κ3) is 4.26. The fourth-order valence-corrected chi connectivity index (χ4v) is 2.63. The first-order chi connectivity index (χ1) is 9.62. The smallest absolute Gasteiger partial charge is 0.252 e. The maximum absolute atomic E-state index is 12.3. The molecule has 0 radical (unpaired) electrons. The Morgan fingerprint density at radius 1 is 1.24 bits per heavy atom. The summed E-state index contributed by atoms with van der Waals surface area (Å²) in [5.74, 6) is -0.934. The monoisotopic (exact) mass is 369 g/mol. The average molecular weight is 371 g/mol. The summed E-state index contributed by atoms with van der Waals surface area (Å²) in [6, 6.07) is 3.00. The fraction of sp³-hybridized carbons (Fsp3) is 0.429. The van der Waals surface area contributed by atoms with Crippen LogP contribution in [0.4, 0.5) is 0 Å². The Balaban J connectivity index is 3.07. The van der Waals surface area contributed by atoms with Crippen molar-refractivity contribution in [3.8, 4) is 0 Å². The van der Waals surface area contributed by atoms with E-state index in [2.05, 4.69) is 5.32 Å². The number of rotatable bonds is 5.